The van der Waals surface area contributed by atoms with Crippen molar-refractivity contribution in [1.82, 2.24) is 4.90 Å². The van der Waals surface area contributed by atoms with Crippen LogP contribution in [0.15, 0.2) is 24.4 Å². The number of likely N-dealkylation sites (N-methyl/N-ethyl adjacent to an activating group) is 1. The van der Waals surface area contributed by atoms with Crippen molar-refractivity contribution in [3.05, 3.63) is 35.3 Å². The summed E-state index contributed by atoms with van der Waals surface area (Å²) >= 11 is 0. The number of hydrogen-bond donors (Lipinski definition) is 0. The minimum Gasteiger partial charge on any atom is -0.618 e. The zero-order chi connectivity index (χ0) is 16.9. The van der Waals surface area contributed by atoms with Gasteiger partial charge in [-0.2, -0.15) is 9.99 Å². The highest BCUT2D eigenvalue weighted by Gasteiger charge is 2.39. The van der Waals surface area contributed by atoms with E-state index in [0.29, 0.717) is 17.6 Å². The fourth-order valence-corrected chi connectivity index (χ4v) is 2.78. The van der Waals surface area contributed by atoms with Crippen molar-refractivity contribution in [2.75, 3.05) is 13.7 Å². The lowest BCUT2D eigenvalue weighted by Crippen LogP contribution is -2.51. The lowest BCUT2D eigenvalue weighted by Gasteiger charge is -2.38. The van der Waals surface area contributed by atoms with E-state index < -0.39 is 24.0 Å². The molecule has 1 heterocycles. The number of hydrogen-bond acceptors (Lipinski definition) is 5. The molecule has 1 aliphatic carbocycles. The van der Waals surface area contributed by atoms with Gasteiger partial charge in [0.2, 0.25) is 0 Å². The molecule has 0 spiro atoms. The molecule has 2 rings (SSSR count). The molecule has 23 heavy (non-hydrogen) atoms. The first-order chi connectivity index (χ1) is 11.0. The van der Waals surface area contributed by atoms with Crippen molar-refractivity contribution in [1.29, 1.82) is 5.26 Å². The van der Waals surface area contributed by atoms with Gasteiger partial charge in [0.1, 0.15) is 5.54 Å². The predicted octanol–water partition coefficient (Wildman–Crippen LogP) is 1.16. The SMILES string of the molecule is CN(C(=O)COC(=O)c1cccc[n+]1[O-])C1(C#N)CCCCC1. The molecule has 1 aromatic rings. The third kappa shape index (κ3) is 3.59. The molecule has 1 aliphatic rings. The van der Waals surface area contributed by atoms with Gasteiger partial charge >= 0.3 is 11.7 Å². The van der Waals surface area contributed by atoms with Crippen LogP contribution in [0.4, 0.5) is 0 Å². The fourth-order valence-electron chi connectivity index (χ4n) is 2.78. The Labute approximate surface area is 134 Å². The summed E-state index contributed by atoms with van der Waals surface area (Å²) in [6.07, 6.45) is 5.27. The van der Waals surface area contributed by atoms with Gasteiger partial charge in [-0.3, -0.25) is 4.79 Å². The summed E-state index contributed by atoms with van der Waals surface area (Å²) < 4.78 is 5.30. The smallest absolute Gasteiger partial charge is 0.405 e. The van der Waals surface area contributed by atoms with Crippen LogP contribution in [0.3, 0.4) is 0 Å². The number of esters is 1. The second-order valence-corrected chi connectivity index (χ2v) is 5.64. The first kappa shape index (κ1) is 16.7. The number of carbonyl (C=O) groups excluding carboxylic acids is 2. The lowest BCUT2D eigenvalue weighted by atomic mass is 9.81. The zero-order valence-electron chi connectivity index (χ0n) is 13.0. The van der Waals surface area contributed by atoms with Gasteiger partial charge in [0.05, 0.1) is 6.07 Å². The van der Waals surface area contributed by atoms with Crippen LogP contribution in [0, 0.1) is 16.5 Å². The maximum atomic E-state index is 12.2. The topological polar surface area (TPSA) is 97.3 Å². The summed E-state index contributed by atoms with van der Waals surface area (Å²) in [5, 5.41) is 20.9. The molecule has 0 aromatic carbocycles. The Kier molecular flexibility index (Phi) is 5.16. The van der Waals surface area contributed by atoms with Crippen molar-refractivity contribution in [2.24, 2.45) is 0 Å². The van der Waals surface area contributed by atoms with Gasteiger partial charge in [0.25, 0.3) is 5.91 Å². The maximum Gasteiger partial charge on any atom is 0.405 e. The van der Waals surface area contributed by atoms with Crippen molar-refractivity contribution >= 4 is 11.9 Å². The molecular formula is C16H19N3O4. The van der Waals surface area contributed by atoms with Crippen LogP contribution in [0.1, 0.15) is 42.6 Å². The molecule has 7 heteroatoms. The average molecular weight is 317 g/mol. The number of rotatable bonds is 4. The number of carbonyl (C=O) groups is 2. The molecule has 1 fully saturated rings. The van der Waals surface area contributed by atoms with E-state index in [1.54, 1.807) is 7.05 Å². The summed E-state index contributed by atoms with van der Waals surface area (Å²) in [6.45, 7) is -0.492. The van der Waals surface area contributed by atoms with Crippen LogP contribution in [0.2, 0.25) is 0 Å². The molecule has 0 saturated heterocycles. The normalized spacial score (nSPS) is 16.2. The first-order valence-corrected chi connectivity index (χ1v) is 7.53. The monoisotopic (exact) mass is 317 g/mol. The number of nitriles is 1. The Morgan fingerprint density at radius 2 is 2.09 bits per heavy atom. The van der Waals surface area contributed by atoms with Crippen molar-refractivity contribution in [3.8, 4) is 6.07 Å². The van der Waals surface area contributed by atoms with Crippen LogP contribution in [0.5, 0.6) is 0 Å². The standard InChI is InChI=1S/C16H19N3O4/c1-18(16(12-17)8-4-2-5-9-16)14(20)11-23-15(21)13-7-3-6-10-19(13)22/h3,6-7,10H,2,4-5,8-9,11H2,1H3. The van der Waals surface area contributed by atoms with E-state index in [9.17, 15) is 20.1 Å². The molecule has 0 N–H and O–H groups in total. The van der Waals surface area contributed by atoms with Crippen LogP contribution in [-0.4, -0.2) is 36.0 Å². The van der Waals surface area contributed by atoms with E-state index in [4.69, 9.17) is 4.74 Å². The van der Waals surface area contributed by atoms with Crippen molar-refractivity contribution in [3.63, 3.8) is 0 Å². The van der Waals surface area contributed by atoms with E-state index in [-0.39, 0.29) is 5.69 Å². The van der Waals surface area contributed by atoms with Crippen LogP contribution < -0.4 is 4.73 Å². The highest BCUT2D eigenvalue weighted by molar-refractivity contribution is 5.88. The van der Waals surface area contributed by atoms with Gasteiger partial charge in [-0.25, -0.2) is 4.79 Å². The third-order valence-electron chi connectivity index (χ3n) is 4.26. The second kappa shape index (κ2) is 7.09. The van der Waals surface area contributed by atoms with Gasteiger partial charge in [0, 0.05) is 19.2 Å². The minimum atomic E-state index is -0.864. The molecule has 7 nitrogen and oxygen atoms in total. The molecule has 0 atom stereocenters. The maximum absolute atomic E-state index is 12.2. The number of nitrogens with zero attached hydrogens (tertiary/aromatic N) is 3. The van der Waals surface area contributed by atoms with Crippen LogP contribution >= 0.6 is 0 Å². The van der Waals surface area contributed by atoms with Crippen molar-refractivity contribution in [2.45, 2.75) is 37.6 Å². The van der Waals surface area contributed by atoms with E-state index in [2.05, 4.69) is 6.07 Å². The molecule has 0 bridgehead atoms. The molecule has 122 valence electrons. The highest BCUT2D eigenvalue weighted by atomic mass is 16.5. The molecular weight excluding hydrogens is 298 g/mol. The molecule has 1 aromatic heterocycles. The van der Waals surface area contributed by atoms with Crippen molar-refractivity contribution < 1.29 is 19.1 Å². The molecule has 0 unspecified atom stereocenters. The number of ether oxygens (including phenoxy) is 1. The molecule has 1 amide bonds. The average Bonchev–Trinajstić information content (AvgIpc) is 2.59. The molecule has 1 saturated carbocycles. The van der Waals surface area contributed by atoms with Gasteiger partial charge < -0.3 is 14.8 Å². The zero-order valence-corrected chi connectivity index (χ0v) is 13.0. The summed E-state index contributed by atoms with van der Waals surface area (Å²) in [5.74, 6) is -1.31. The second-order valence-electron chi connectivity index (χ2n) is 5.64. The first-order valence-electron chi connectivity index (χ1n) is 7.53. The Hall–Kier alpha value is -2.62. The van der Waals surface area contributed by atoms with Gasteiger partial charge in [-0.1, -0.05) is 19.3 Å². The van der Waals surface area contributed by atoms with Crippen LogP contribution in [-0.2, 0) is 9.53 Å². The van der Waals surface area contributed by atoms with E-state index in [1.165, 1.54) is 29.3 Å². The van der Waals surface area contributed by atoms with E-state index in [1.807, 2.05) is 0 Å². The summed E-state index contributed by atoms with van der Waals surface area (Å²) in [7, 11) is 1.56. The quantitative estimate of drug-likeness (QED) is 0.471. The van der Waals surface area contributed by atoms with Gasteiger partial charge in [-0.05, 0) is 18.9 Å². The van der Waals surface area contributed by atoms with Crippen LogP contribution in [0.25, 0.3) is 0 Å². The van der Waals surface area contributed by atoms with E-state index in [0.717, 1.165) is 19.3 Å². The molecule has 0 aliphatic heterocycles. The fraction of sp³-hybridized carbons (Fsp3) is 0.500. The Morgan fingerprint density at radius 3 is 2.70 bits per heavy atom. The Bertz CT molecular complexity index is 632. The van der Waals surface area contributed by atoms with E-state index >= 15 is 0 Å². The highest BCUT2D eigenvalue weighted by Crippen LogP contribution is 2.32. The summed E-state index contributed by atoms with van der Waals surface area (Å²) in [5.41, 5.74) is -1.01. The summed E-state index contributed by atoms with van der Waals surface area (Å²) in [6, 6.07) is 6.58. The Morgan fingerprint density at radius 1 is 1.39 bits per heavy atom. The minimum absolute atomic E-state index is 0.185. The summed E-state index contributed by atoms with van der Waals surface area (Å²) in [4.78, 5) is 25.4. The lowest BCUT2D eigenvalue weighted by molar-refractivity contribution is -0.608. The Balaban J connectivity index is 1.98. The van der Waals surface area contributed by atoms with Gasteiger partial charge in [-0.15, -0.1) is 0 Å². The third-order valence-corrected chi connectivity index (χ3v) is 4.26. The number of amides is 1. The molecule has 0 radical (unpaired) electrons. The number of aromatic nitrogens is 1. The predicted molar refractivity (Wildman–Crippen MR) is 79.9 cm³/mol. The largest absolute Gasteiger partial charge is 0.618 e. The number of pyridine rings is 1. The van der Waals surface area contributed by atoms with Gasteiger partial charge in [0.15, 0.2) is 12.8 Å².